The fourth-order valence-corrected chi connectivity index (χ4v) is 5.59. The number of fused-ring (bicyclic) bond motifs is 2. The summed E-state index contributed by atoms with van der Waals surface area (Å²) < 4.78 is 0. The quantitative estimate of drug-likeness (QED) is 0.541. The molecule has 0 heterocycles. The second-order valence-corrected chi connectivity index (χ2v) is 7.55. The molecule has 0 aliphatic heterocycles. The molecule has 0 N–H and O–H groups in total. The molecule has 0 heteroatoms. The van der Waals surface area contributed by atoms with Gasteiger partial charge in [-0.15, -0.1) is 0 Å². The number of hydrogen-bond donors (Lipinski definition) is 0. The highest BCUT2D eigenvalue weighted by Crippen LogP contribution is 2.74. The van der Waals surface area contributed by atoms with Crippen molar-refractivity contribution in [1.29, 1.82) is 0 Å². The molecule has 4 aliphatic carbocycles. The van der Waals surface area contributed by atoms with Crippen molar-refractivity contribution >= 4 is 0 Å². The third-order valence-electron chi connectivity index (χ3n) is 7.27. The maximum absolute atomic E-state index is 2.57. The van der Waals surface area contributed by atoms with Gasteiger partial charge in [0.15, 0.2) is 0 Å². The summed E-state index contributed by atoms with van der Waals surface area (Å²) in [5, 5.41) is 0. The molecule has 4 saturated carbocycles. The Morgan fingerprint density at radius 2 is 1.47 bits per heavy atom. The fraction of sp³-hybridized carbons (Fsp3) is 1.00. The molecule has 4 rings (SSSR count). The Labute approximate surface area is 94.8 Å². The van der Waals surface area contributed by atoms with Crippen molar-refractivity contribution in [2.75, 3.05) is 0 Å². The maximum Gasteiger partial charge on any atom is -0.0238 e. The lowest BCUT2D eigenvalue weighted by atomic mass is 9.39. The first-order valence-electron chi connectivity index (χ1n) is 6.92. The highest BCUT2D eigenvalue weighted by Gasteiger charge is 2.65. The summed E-state index contributed by atoms with van der Waals surface area (Å²) >= 11 is 0. The van der Waals surface area contributed by atoms with Crippen LogP contribution in [0.5, 0.6) is 0 Å². The largest absolute Gasteiger partial charge is 0.0620 e. The molecule has 4 aliphatic rings. The molecule has 86 valence electrons. The third kappa shape index (κ3) is 0.953. The lowest BCUT2D eigenvalue weighted by Crippen LogP contribution is -2.57. The van der Waals surface area contributed by atoms with E-state index >= 15 is 0 Å². The van der Waals surface area contributed by atoms with Crippen molar-refractivity contribution in [3.63, 3.8) is 0 Å². The molecule has 0 saturated heterocycles. The van der Waals surface area contributed by atoms with E-state index in [1.165, 1.54) is 25.7 Å². The van der Waals surface area contributed by atoms with Crippen LogP contribution in [0.15, 0.2) is 0 Å². The van der Waals surface area contributed by atoms with Gasteiger partial charge in [-0.1, -0.05) is 27.7 Å². The van der Waals surface area contributed by atoms with Crippen molar-refractivity contribution in [3.8, 4) is 0 Å². The second kappa shape index (κ2) is 2.63. The molecule has 1 unspecified atom stereocenters. The van der Waals surface area contributed by atoms with Crippen molar-refractivity contribution in [2.45, 2.75) is 66.2 Å². The molecule has 0 nitrogen and oxygen atoms in total. The van der Waals surface area contributed by atoms with Crippen LogP contribution in [0, 0.1) is 28.1 Å². The Morgan fingerprint density at radius 3 is 2.07 bits per heavy atom. The number of rotatable bonds is 0. The van der Waals surface area contributed by atoms with Crippen LogP contribution >= 0.6 is 0 Å². The normalized spacial score (nSPS) is 56.8. The summed E-state index contributed by atoms with van der Waals surface area (Å²) in [5.41, 5.74) is 2.03. The Balaban J connectivity index is 2.08. The van der Waals surface area contributed by atoms with Crippen LogP contribution in [0.4, 0.5) is 0 Å². The summed E-state index contributed by atoms with van der Waals surface area (Å²) in [6, 6.07) is 0. The van der Waals surface area contributed by atoms with Crippen molar-refractivity contribution in [2.24, 2.45) is 28.1 Å². The smallest absolute Gasteiger partial charge is 0.0238 e. The first kappa shape index (κ1) is 10.2. The molecule has 1 spiro atoms. The van der Waals surface area contributed by atoms with Crippen LogP contribution < -0.4 is 0 Å². The van der Waals surface area contributed by atoms with Crippen LogP contribution in [0.25, 0.3) is 0 Å². The highest BCUT2D eigenvalue weighted by atomic mass is 14.7. The van der Waals surface area contributed by atoms with Gasteiger partial charge in [0.1, 0.15) is 0 Å². The van der Waals surface area contributed by atoms with E-state index in [4.69, 9.17) is 0 Å². The van der Waals surface area contributed by atoms with E-state index in [0.29, 0.717) is 10.8 Å². The number of hydrogen-bond acceptors (Lipinski definition) is 0. The van der Waals surface area contributed by atoms with Gasteiger partial charge in [0.25, 0.3) is 0 Å². The molecule has 0 aromatic heterocycles. The lowest BCUT2D eigenvalue weighted by Gasteiger charge is -2.65. The molecule has 0 aromatic carbocycles. The molecule has 0 aromatic rings. The van der Waals surface area contributed by atoms with E-state index in [2.05, 4.69) is 27.7 Å². The van der Waals surface area contributed by atoms with Gasteiger partial charge in [-0.05, 0) is 66.6 Å². The minimum Gasteiger partial charge on any atom is -0.0620 e. The Kier molecular flexibility index (Phi) is 1.78. The molecule has 15 heavy (non-hydrogen) atoms. The third-order valence-corrected chi connectivity index (χ3v) is 7.27. The van der Waals surface area contributed by atoms with E-state index in [-0.39, 0.29) is 0 Å². The summed E-state index contributed by atoms with van der Waals surface area (Å²) in [4.78, 5) is 0. The van der Waals surface area contributed by atoms with E-state index < -0.39 is 0 Å². The second-order valence-electron chi connectivity index (χ2n) is 7.55. The molecule has 2 bridgehead atoms. The van der Waals surface area contributed by atoms with Crippen LogP contribution in [0.1, 0.15) is 66.2 Å². The zero-order valence-corrected chi connectivity index (χ0v) is 10.9. The molecular formula is C15H26. The topological polar surface area (TPSA) is 0 Å². The van der Waals surface area contributed by atoms with Gasteiger partial charge in [0.2, 0.25) is 0 Å². The van der Waals surface area contributed by atoms with Gasteiger partial charge in [-0.2, -0.15) is 0 Å². The van der Waals surface area contributed by atoms with Crippen molar-refractivity contribution in [3.05, 3.63) is 0 Å². The SMILES string of the molecule is C[C@@H]1CCC2C13CCC(C)(CC3)C2(C)C. The zero-order valence-electron chi connectivity index (χ0n) is 10.9. The summed E-state index contributed by atoms with van der Waals surface area (Å²) in [6.07, 6.45) is 9.10. The average Bonchev–Trinajstić information content (AvgIpc) is 2.50. The Morgan fingerprint density at radius 1 is 0.867 bits per heavy atom. The molecule has 0 radical (unpaired) electrons. The van der Waals surface area contributed by atoms with Gasteiger partial charge < -0.3 is 0 Å². The van der Waals surface area contributed by atoms with Crippen molar-refractivity contribution < 1.29 is 0 Å². The highest BCUT2D eigenvalue weighted by molar-refractivity contribution is 5.14. The van der Waals surface area contributed by atoms with E-state index in [0.717, 1.165) is 17.3 Å². The fourth-order valence-electron chi connectivity index (χ4n) is 5.59. The van der Waals surface area contributed by atoms with E-state index in [1.807, 2.05) is 0 Å². The first-order chi connectivity index (χ1) is 6.92. The monoisotopic (exact) mass is 206 g/mol. The maximum atomic E-state index is 2.57. The van der Waals surface area contributed by atoms with Crippen LogP contribution in [0.2, 0.25) is 0 Å². The Hall–Kier alpha value is 0. The average molecular weight is 206 g/mol. The van der Waals surface area contributed by atoms with Gasteiger partial charge in [0, 0.05) is 0 Å². The predicted octanol–water partition coefficient (Wildman–Crippen LogP) is 4.64. The van der Waals surface area contributed by atoms with Crippen molar-refractivity contribution in [1.82, 2.24) is 0 Å². The minimum absolute atomic E-state index is 0.605. The van der Waals surface area contributed by atoms with Crippen LogP contribution in [0.3, 0.4) is 0 Å². The molecular weight excluding hydrogens is 180 g/mol. The van der Waals surface area contributed by atoms with Gasteiger partial charge in [0.05, 0.1) is 0 Å². The van der Waals surface area contributed by atoms with Gasteiger partial charge in [-0.3, -0.25) is 0 Å². The summed E-state index contributed by atoms with van der Waals surface area (Å²) in [5.74, 6) is 2.04. The standard InChI is InChI=1S/C15H26/c1-11-5-6-12-13(2,3)14(4)7-9-15(11,12)10-8-14/h11-12H,5-10H2,1-4H3/t11-,12?,14?,15?/m1/s1. The molecule has 2 atom stereocenters. The van der Waals surface area contributed by atoms with Crippen LogP contribution in [-0.4, -0.2) is 0 Å². The lowest BCUT2D eigenvalue weighted by molar-refractivity contribution is -0.161. The molecule has 0 amide bonds. The predicted molar refractivity (Wildman–Crippen MR) is 64.7 cm³/mol. The summed E-state index contributed by atoms with van der Waals surface area (Å²) in [7, 11) is 0. The molecule has 4 fully saturated rings. The van der Waals surface area contributed by atoms with Gasteiger partial charge >= 0.3 is 0 Å². The van der Waals surface area contributed by atoms with E-state index in [9.17, 15) is 0 Å². The van der Waals surface area contributed by atoms with E-state index in [1.54, 1.807) is 12.8 Å². The summed E-state index contributed by atoms with van der Waals surface area (Å²) in [6.45, 7) is 10.2. The van der Waals surface area contributed by atoms with Crippen LogP contribution in [-0.2, 0) is 0 Å². The Bertz CT molecular complexity index is 278. The zero-order chi connectivity index (χ0) is 10.9. The minimum atomic E-state index is 0.605. The first-order valence-corrected chi connectivity index (χ1v) is 6.92. The van der Waals surface area contributed by atoms with Gasteiger partial charge in [-0.25, -0.2) is 0 Å².